The van der Waals surface area contributed by atoms with E-state index in [1.807, 2.05) is 11.8 Å². The number of rotatable bonds is 4. The van der Waals surface area contributed by atoms with Crippen LogP contribution in [-0.2, 0) is 12.8 Å². The number of fused-ring (bicyclic) bond motifs is 1. The summed E-state index contributed by atoms with van der Waals surface area (Å²) in [4.78, 5) is 26.9. The van der Waals surface area contributed by atoms with Gasteiger partial charge in [-0.25, -0.2) is 9.97 Å². The fraction of sp³-hybridized carbons (Fsp3) is 0.346. The molecule has 1 amide bonds. The van der Waals surface area contributed by atoms with E-state index in [9.17, 15) is 4.79 Å². The molecule has 1 fully saturated rings. The van der Waals surface area contributed by atoms with Gasteiger partial charge in [0.25, 0.3) is 5.91 Å². The monoisotopic (exact) mass is 412 g/mol. The topological polar surface area (TPSA) is 49.3 Å². The summed E-state index contributed by atoms with van der Waals surface area (Å²) in [5.41, 5.74) is 5.36. The molecule has 158 valence electrons. The van der Waals surface area contributed by atoms with Crippen molar-refractivity contribution in [2.45, 2.75) is 32.2 Å². The first-order valence-electron chi connectivity index (χ1n) is 11.2. The number of carbonyl (C=O) groups excluding carboxylic acids is 1. The van der Waals surface area contributed by atoms with Crippen LogP contribution >= 0.6 is 0 Å². The second kappa shape index (κ2) is 8.60. The molecule has 0 bridgehead atoms. The smallest absolute Gasteiger partial charge is 0.272 e. The Bertz CT molecular complexity index is 1020. The van der Waals surface area contributed by atoms with E-state index >= 15 is 0 Å². The molecular formula is C26H28N4O. The summed E-state index contributed by atoms with van der Waals surface area (Å²) in [6, 6.07) is 21.5. The molecule has 5 nitrogen and oxygen atoms in total. The number of piperazine rings is 1. The summed E-state index contributed by atoms with van der Waals surface area (Å²) in [7, 11) is 0. The van der Waals surface area contributed by atoms with Crippen LogP contribution in [-0.4, -0.2) is 51.9 Å². The van der Waals surface area contributed by atoms with Gasteiger partial charge in [-0.05, 0) is 37.3 Å². The second-order valence-electron chi connectivity index (χ2n) is 8.45. The lowest BCUT2D eigenvalue weighted by atomic mass is 9.96. The zero-order chi connectivity index (χ0) is 21.2. The van der Waals surface area contributed by atoms with Crippen LogP contribution in [0.2, 0.25) is 0 Å². The Morgan fingerprint density at radius 2 is 1.45 bits per heavy atom. The highest BCUT2D eigenvalue weighted by Gasteiger charge is 2.31. The predicted octanol–water partition coefficient (Wildman–Crippen LogP) is 3.82. The molecule has 5 rings (SSSR count). The van der Waals surface area contributed by atoms with Crippen LogP contribution in [0.4, 0.5) is 0 Å². The van der Waals surface area contributed by atoms with Crippen molar-refractivity contribution >= 4 is 5.91 Å². The standard InChI is InChI=1S/C26H28N4O/c1-19-27-23-14-8-13-22(23)24(28-19)26(31)30-17-15-29(16-18-30)25(20-9-4-2-5-10-20)21-11-6-3-7-12-21/h2-7,9-12,25H,8,13-18H2,1H3. The Kier molecular flexibility index (Phi) is 5.51. The number of benzene rings is 2. The van der Waals surface area contributed by atoms with E-state index in [1.165, 1.54) is 11.1 Å². The van der Waals surface area contributed by atoms with Crippen LogP contribution in [0.1, 0.15) is 51.2 Å². The van der Waals surface area contributed by atoms with Crippen molar-refractivity contribution in [2.75, 3.05) is 26.2 Å². The largest absolute Gasteiger partial charge is 0.335 e. The van der Waals surface area contributed by atoms with Crippen LogP contribution in [0.25, 0.3) is 0 Å². The quantitative estimate of drug-likeness (QED) is 0.654. The van der Waals surface area contributed by atoms with Gasteiger partial charge in [-0.1, -0.05) is 60.7 Å². The van der Waals surface area contributed by atoms with Crippen molar-refractivity contribution in [3.05, 3.63) is 94.6 Å². The van der Waals surface area contributed by atoms with Crippen LogP contribution in [0.3, 0.4) is 0 Å². The van der Waals surface area contributed by atoms with Gasteiger partial charge >= 0.3 is 0 Å². The number of amides is 1. The van der Waals surface area contributed by atoms with Crippen molar-refractivity contribution in [3.63, 3.8) is 0 Å². The Morgan fingerprint density at radius 1 is 0.839 bits per heavy atom. The molecule has 0 saturated carbocycles. The van der Waals surface area contributed by atoms with Crippen molar-refractivity contribution in [3.8, 4) is 0 Å². The summed E-state index contributed by atoms with van der Waals surface area (Å²) in [5, 5.41) is 0. The second-order valence-corrected chi connectivity index (χ2v) is 8.45. The maximum absolute atomic E-state index is 13.3. The third-order valence-corrected chi connectivity index (χ3v) is 6.44. The zero-order valence-corrected chi connectivity index (χ0v) is 18.0. The van der Waals surface area contributed by atoms with Gasteiger partial charge in [0, 0.05) is 37.4 Å². The molecule has 2 heterocycles. The Morgan fingerprint density at radius 3 is 2.06 bits per heavy atom. The van der Waals surface area contributed by atoms with E-state index in [1.54, 1.807) is 0 Å². The van der Waals surface area contributed by atoms with Gasteiger partial charge in [-0.3, -0.25) is 9.69 Å². The van der Waals surface area contributed by atoms with Gasteiger partial charge in [0.15, 0.2) is 0 Å². The highest BCUT2D eigenvalue weighted by Crippen LogP contribution is 2.30. The minimum atomic E-state index is 0.0688. The molecular weight excluding hydrogens is 384 g/mol. The lowest BCUT2D eigenvalue weighted by Gasteiger charge is -2.39. The molecule has 0 N–H and O–H groups in total. The maximum Gasteiger partial charge on any atom is 0.272 e. The van der Waals surface area contributed by atoms with Gasteiger partial charge in [-0.15, -0.1) is 0 Å². The molecule has 0 spiro atoms. The van der Waals surface area contributed by atoms with Gasteiger partial charge in [0.05, 0.1) is 6.04 Å². The molecule has 31 heavy (non-hydrogen) atoms. The fourth-order valence-corrected chi connectivity index (χ4v) is 4.95. The molecule has 5 heteroatoms. The highest BCUT2D eigenvalue weighted by molar-refractivity contribution is 5.94. The zero-order valence-electron chi connectivity index (χ0n) is 18.0. The van der Waals surface area contributed by atoms with E-state index in [4.69, 9.17) is 0 Å². The summed E-state index contributed by atoms with van der Waals surface area (Å²) in [6.07, 6.45) is 2.95. The number of hydrogen-bond acceptors (Lipinski definition) is 4. The molecule has 0 atom stereocenters. The number of carbonyl (C=O) groups is 1. The Balaban J connectivity index is 1.35. The maximum atomic E-state index is 13.3. The average molecular weight is 413 g/mol. The first kappa shape index (κ1) is 19.9. The molecule has 2 aliphatic rings. The van der Waals surface area contributed by atoms with Crippen LogP contribution in [0, 0.1) is 6.92 Å². The van der Waals surface area contributed by atoms with Crippen molar-refractivity contribution < 1.29 is 4.79 Å². The summed E-state index contributed by atoms with van der Waals surface area (Å²) < 4.78 is 0. The highest BCUT2D eigenvalue weighted by atomic mass is 16.2. The van der Waals surface area contributed by atoms with Crippen LogP contribution in [0.15, 0.2) is 60.7 Å². The van der Waals surface area contributed by atoms with Gasteiger partial charge in [-0.2, -0.15) is 0 Å². The van der Waals surface area contributed by atoms with E-state index in [0.29, 0.717) is 24.6 Å². The third-order valence-electron chi connectivity index (χ3n) is 6.44. The Labute approximate surface area is 183 Å². The number of aromatic nitrogens is 2. The molecule has 0 radical (unpaired) electrons. The molecule has 1 aliphatic carbocycles. The van der Waals surface area contributed by atoms with Crippen LogP contribution < -0.4 is 0 Å². The summed E-state index contributed by atoms with van der Waals surface area (Å²) in [6.45, 7) is 5.00. The number of aryl methyl sites for hydroxylation is 2. The van der Waals surface area contributed by atoms with E-state index in [2.05, 4.69) is 75.5 Å². The molecule has 1 saturated heterocycles. The van der Waals surface area contributed by atoms with Gasteiger partial charge < -0.3 is 4.90 Å². The van der Waals surface area contributed by atoms with E-state index in [-0.39, 0.29) is 11.9 Å². The SMILES string of the molecule is Cc1nc2c(c(C(=O)N3CCN(C(c4ccccc4)c4ccccc4)CC3)n1)CCC2. The minimum absolute atomic E-state index is 0.0688. The molecule has 1 aliphatic heterocycles. The fourth-order valence-electron chi connectivity index (χ4n) is 4.95. The first-order chi connectivity index (χ1) is 15.2. The lowest BCUT2D eigenvalue weighted by Crippen LogP contribution is -2.50. The van der Waals surface area contributed by atoms with Gasteiger partial charge in [0.1, 0.15) is 11.5 Å². The van der Waals surface area contributed by atoms with Crippen molar-refractivity contribution in [1.29, 1.82) is 0 Å². The molecule has 0 unspecified atom stereocenters. The number of hydrogen-bond donors (Lipinski definition) is 0. The lowest BCUT2D eigenvalue weighted by molar-refractivity contribution is 0.0590. The molecule has 3 aromatic rings. The average Bonchev–Trinajstić information content (AvgIpc) is 3.29. The summed E-state index contributed by atoms with van der Waals surface area (Å²) in [5.74, 6) is 0.773. The molecule has 2 aromatic carbocycles. The van der Waals surface area contributed by atoms with E-state index in [0.717, 1.165) is 43.6 Å². The van der Waals surface area contributed by atoms with Crippen LogP contribution in [0.5, 0.6) is 0 Å². The normalized spacial score (nSPS) is 16.5. The first-order valence-corrected chi connectivity index (χ1v) is 11.2. The van der Waals surface area contributed by atoms with Crippen molar-refractivity contribution in [1.82, 2.24) is 19.8 Å². The van der Waals surface area contributed by atoms with Gasteiger partial charge in [0.2, 0.25) is 0 Å². The molecule has 1 aromatic heterocycles. The Hall–Kier alpha value is -3.05. The number of nitrogens with zero attached hydrogens (tertiary/aromatic N) is 4. The summed E-state index contributed by atoms with van der Waals surface area (Å²) >= 11 is 0. The van der Waals surface area contributed by atoms with Crippen molar-refractivity contribution in [2.24, 2.45) is 0 Å². The van der Waals surface area contributed by atoms with E-state index < -0.39 is 0 Å². The third kappa shape index (κ3) is 3.98. The predicted molar refractivity (Wildman–Crippen MR) is 121 cm³/mol. The minimum Gasteiger partial charge on any atom is -0.335 e.